The zero-order chi connectivity index (χ0) is 14.0. The molecule has 1 aromatic carbocycles. The highest BCUT2D eigenvalue weighted by Crippen LogP contribution is 2.37. The van der Waals surface area contributed by atoms with E-state index >= 15 is 0 Å². The van der Waals surface area contributed by atoms with E-state index in [0.717, 1.165) is 5.69 Å². The molecule has 0 unspecified atom stereocenters. The molecule has 1 aliphatic rings. The number of carbonyl (C=O) groups is 1. The van der Waals surface area contributed by atoms with Gasteiger partial charge in [-0.15, -0.1) is 0 Å². The fraction of sp³-hybridized carbons (Fsp3) is 0.429. The van der Waals surface area contributed by atoms with E-state index in [9.17, 15) is 4.79 Å². The summed E-state index contributed by atoms with van der Waals surface area (Å²) in [5.74, 6) is 0.644. The predicted octanol–water partition coefficient (Wildman–Crippen LogP) is 1.28. The van der Waals surface area contributed by atoms with Gasteiger partial charge in [-0.1, -0.05) is 0 Å². The number of amides is 1. The Morgan fingerprint density at radius 3 is 2.95 bits per heavy atom. The van der Waals surface area contributed by atoms with Crippen LogP contribution in [0.3, 0.4) is 0 Å². The van der Waals surface area contributed by atoms with Crippen molar-refractivity contribution in [3.8, 4) is 11.8 Å². The van der Waals surface area contributed by atoms with Gasteiger partial charge >= 0.3 is 0 Å². The third kappa shape index (κ3) is 2.79. The van der Waals surface area contributed by atoms with Crippen LogP contribution in [0.5, 0.6) is 5.75 Å². The maximum Gasteiger partial charge on any atom is 0.239 e. The summed E-state index contributed by atoms with van der Waals surface area (Å²) in [5.41, 5.74) is 0.987. The zero-order valence-electron chi connectivity index (χ0n) is 11.4. The molecule has 0 saturated heterocycles. The van der Waals surface area contributed by atoms with Crippen molar-refractivity contribution >= 4 is 11.6 Å². The smallest absolute Gasteiger partial charge is 0.239 e. The van der Waals surface area contributed by atoms with Crippen molar-refractivity contribution < 1.29 is 9.53 Å². The van der Waals surface area contributed by atoms with Gasteiger partial charge in [-0.25, -0.2) is 0 Å². The summed E-state index contributed by atoms with van der Waals surface area (Å²) in [5, 5.41) is 11.6. The number of hydrogen-bond donors (Lipinski definition) is 1. The molecule has 100 valence electrons. The van der Waals surface area contributed by atoms with Gasteiger partial charge in [-0.3, -0.25) is 4.79 Å². The molecule has 1 aliphatic heterocycles. The van der Waals surface area contributed by atoms with E-state index in [4.69, 9.17) is 10.00 Å². The van der Waals surface area contributed by atoms with Crippen LogP contribution >= 0.6 is 0 Å². The highest BCUT2D eigenvalue weighted by molar-refractivity contribution is 5.82. The van der Waals surface area contributed by atoms with Gasteiger partial charge in [0.25, 0.3) is 0 Å². The van der Waals surface area contributed by atoms with Crippen LogP contribution < -0.4 is 15.0 Å². The maximum atomic E-state index is 11.6. The number of likely N-dealkylation sites (N-methyl/N-ethyl adjacent to an activating group) is 1. The summed E-state index contributed by atoms with van der Waals surface area (Å²) in [6.45, 7) is 4.81. The number of rotatable bonds is 2. The molecule has 0 saturated carbocycles. The summed E-state index contributed by atoms with van der Waals surface area (Å²) in [4.78, 5) is 13.5. The number of benzene rings is 1. The normalized spacial score (nSPS) is 16.0. The summed E-state index contributed by atoms with van der Waals surface area (Å²) >= 11 is 0. The second-order valence-corrected chi connectivity index (χ2v) is 5.19. The summed E-state index contributed by atoms with van der Waals surface area (Å²) in [7, 11) is 1.61. The third-order valence-corrected chi connectivity index (χ3v) is 3.00. The second-order valence-electron chi connectivity index (χ2n) is 5.19. The molecule has 1 aromatic rings. The number of nitriles is 1. The van der Waals surface area contributed by atoms with Crippen molar-refractivity contribution in [3.63, 3.8) is 0 Å². The SMILES string of the molecule is CNC(=O)CN1CC(C)(C)Oc2ccc(C#N)cc21. The summed E-state index contributed by atoms with van der Waals surface area (Å²) in [6, 6.07) is 7.36. The minimum absolute atomic E-state index is 0.0639. The molecule has 0 spiro atoms. The summed E-state index contributed by atoms with van der Waals surface area (Å²) in [6.07, 6.45) is 0. The monoisotopic (exact) mass is 259 g/mol. The molecule has 0 aliphatic carbocycles. The first kappa shape index (κ1) is 13.2. The fourth-order valence-corrected chi connectivity index (χ4v) is 2.19. The Morgan fingerprint density at radius 1 is 1.58 bits per heavy atom. The quantitative estimate of drug-likeness (QED) is 0.869. The first-order chi connectivity index (χ1) is 8.95. The average molecular weight is 259 g/mol. The van der Waals surface area contributed by atoms with Gasteiger partial charge in [-0.2, -0.15) is 5.26 Å². The van der Waals surface area contributed by atoms with Crippen LogP contribution in [0.15, 0.2) is 18.2 Å². The van der Waals surface area contributed by atoms with E-state index in [1.165, 1.54) is 0 Å². The highest BCUT2D eigenvalue weighted by atomic mass is 16.5. The molecule has 0 atom stereocenters. The Bertz CT molecular complexity index is 546. The van der Waals surface area contributed by atoms with Crippen LogP contribution in [-0.4, -0.2) is 31.6 Å². The van der Waals surface area contributed by atoms with Crippen LogP contribution in [0.1, 0.15) is 19.4 Å². The first-order valence-corrected chi connectivity index (χ1v) is 6.14. The van der Waals surface area contributed by atoms with Crippen LogP contribution in [0, 0.1) is 11.3 Å². The van der Waals surface area contributed by atoms with E-state index in [1.54, 1.807) is 25.2 Å². The minimum Gasteiger partial charge on any atom is -0.484 e. The number of hydrogen-bond acceptors (Lipinski definition) is 4. The second kappa shape index (κ2) is 4.81. The Hall–Kier alpha value is -2.22. The van der Waals surface area contributed by atoms with E-state index in [-0.39, 0.29) is 18.1 Å². The van der Waals surface area contributed by atoms with Crippen molar-refractivity contribution in [2.45, 2.75) is 19.4 Å². The molecule has 0 aromatic heterocycles. The number of nitrogens with zero attached hydrogens (tertiary/aromatic N) is 2. The number of fused-ring (bicyclic) bond motifs is 1. The molecule has 1 N–H and O–H groups in total. The zero-order valence-corrected chi connectivity index (χ0v) is 11.4. The fourth-order valence-electron chi connectivity index (χ4n) is 2.19. The lowest BCUT2D eigenvalue weighted by molar-refractivity contribution is -0.119. The van der Waals surface area contributed by atoms with Gasteiger partial charge in [0.15, 0.2) is 0 Å². The van der Waals surface area contributed by atoms with Crippen LogP contribution in [0.2, 0.25) is 0 Å². The van der Waals surface area contributed by atoms with Gasteiger partial charge in [0.1, 0.15) is 11.4 Å². The van der Waals surface area contributed by atoms with Crippen LogP contribution in [0.4, 0.5) is 5.69 Å². The topological polar surface area (TPSA) is 65.4 Å². The predicted molar refractivity (Wildman–Crippen MR) is 72.1 cm³/mol. The Labute approximate surface area is 112 Å². The Balaban J connectivity index is 2.39. The number of ether oxygens (including phenoxy) is 1. The Kier molecular flexibility index (Phi) is 3.34. The summed E-state index contributed by atoms with van der Waals surface area (Å²) < 4.78 is 5.88. The molecule has 1 amide bonds. The van der Waals surface area contributed by atoms with Crippen LogP contribution in [-0.2, 0) is 4.79 Å². The minimum atomic E-state index is -0.366. The van der Waals surface area contributed by atoms with Crippen molar-refractivity contribution in [3.05, 3.63) is 23.8 Å². The molecule has 0 bridgehead atoms. The molecule has 19 heavy (non-hydrogen) atoms. The van der Waals surface area contributed by atoms with Gasteiger partial charge < -0.3 is 15.0 Å². The maximum absolute atomic E-state index is 11.6. The number of nitrogens with one attached hydrogen (secondary N) is 1. The highest BCUT2D eigenvalue weighted by Gasteiger charge is 2.32. The molecular weight excluding hydrogens is 242 g/mol. The third-order valence-electron chi connectivity index (χ3n) is 3.00. The van der Waals surface area contributed by atoms with Crippen molar-refractivity contribution in [2.24, 2.45) is 0 Å². The van der Waals surface area contributed by atoms with Gasteiger partial charge in [0, 0.05) is 7.05 Å². The number of carbonyl (C=O) groups excluding carboxylic acids is 1. The largest absolute Gasteiger partial charge is 0.484 e. The van der Waals surface area contributed by atoms with E-state index in [1.807, 2.05) is 18.7 Å². The molecule has 0 radical (unpaired) electrons. The molecule has 1 heterocycles. The van der Waals surface area contributed by atoms with Crippen molar-refractivity contribution in [2.75, 3.05) is 25.0 Å². The lowest BCUT2D eigenvalue weighted by Crippen LogP contribution is -2.49. The van der Waals surface area contributed by atoms with E-state index in [0.29, 0.717) is 17.9 Å². The Morgan fingerprint density at radius 2 is 2.32 bits per heavy atom. The van der Waals surface area contributed by atoms with Gasteiger partial charge in [-0.05, 0) is 32.0 Å². The molecular formula is C14H17N3O2. The molecule has 5 nitrogen and oxygen atoms in total. The molecule has 0 fully saturated rings. The number of anilines is 1. The lowest BCUT2D eigenvalue weighted by atomic mass is 10.0. The van der Waals surface area contributed by atoms with Crippen LogP contribution in [0.25, 0.3) is 0 Å². The average Bonchev–Trinajstić information content (AvgIpc) is 2.37. The van der Waals surface area contributed by atoms with Crippen molar-refractivity contribution in [1.82, 2.24) is 5.32 Å². The van der Waals surface area contributed by atoms with Gasteiger partial charge in [0.05, 0.1) is 30.4 Å². The first-order valence-electron chi connectivity index (χ1n) is 6.14. The van der Waals surface area contributed by atoms with Gasteiger partial charge in [0.2, 0.25) is 5.91 Å². The van der Waals surface area contributed by atoms with E-state index in [2.05, 4.69) is 11.4 Å². The molecule has 2 rings (SSSR count). The van der Waals surface area contributed by atoms with E-state index < -0.39 is 0 Å². The standard InChI is InChI=1S/C14H17N3O2/c1-14(2)9-17(8-13(18)16-3)11-6-10(7-15)4-5-12(11)19-14/h4-6H,8-9H2,1-3H3,(H,16,18). The molecule has 5 heteroatoms. The van der Waals surface area contributed by atoms with Crippen molar-refractivity contribution in [1.29, 1.82) is 5.26 Å². The lowest BCUT2D eigenvalue weighted by Gasteiger charge is -2.40.